The van der Waals surface area contributed by atoms with Crippen molar-refractivity contribution in [3.8, 4) is 5.75 Å². The lowest BCUT2D eigenvalue weighted by Gasteiger charge is -2.16. The first kappa shape index (κ1) is 15.8. The minimum absolute atomic E-state index is 0.0863. The van der Waals surface area contributed by atoms with E-state index in [-0.39, 0.29) is 11.9 Å². The molecule has 3 N–H and O–H groups in total. The van der Waals surface area contributed by atoms with Crippen molar-refractivity contribution < 1.29 is 9.53 Å². The maximum atomic E-state index is 11.7. The first-order valence-electron chi connectivity index (χ1n) is 6.45. The summed E-state index contributed by atoms with van der Waals surface area (Å²) >= 11 is 6.11. The van der Waals surface area contributed by atoms with Gasteiger partial charge in [-0.2, -0.15) is 0 Å². The topological polar surface area (TPSA) is 64.3 Å². The number of hydrogen-bond donors (Lipinski definition) is 2. The SMILES string of the molecule is CCCNC(=O)C(C)Oc1ccc(C(C)N)cc1Cl. The number of hydrogen-bond acceptors (Lipinski definition) is 3. The molecule has 0 aliphatic carbocycles. The summed E-state index contributed by atoms with van der Waals surface area (Å²) in [6, 6.07) is 5.27. The monoisotopic (exact) mass is 284 g/mol. The predicted molar refractivity (Wildman–Crippen MR) is 77.4 cm³/mol. The Labute approximate surface area is 119 Å². The van der Waals surface area contributed by atoms with Gasteiger partial charge in [0.2, 0.25) is 0 Å². The zero-order valence-corrected chi connectivity index (χ0v) is 12.3. The van der Waals surface area contributed by atoms with Crippen LogP contribution >= 0.6 is 11.6 Å². The van der Waals surface area contributed by atoms with Gasteiger partial charge in [-0.05, 0) is 38.0 Å². The van der Waals surface area contributed by atoms with Gasteiger partial charge in [0.1, 0.15) is 5.75 Å². The van der Waals surface area contributed by atoms with Crippen molar-refractivity contribution in [1.82, 2.24) is 5.32 Å². The van der Waals surface area contributed by atoms with Crippen molar-refractivity contribution in [3.05, 3.63) is 28.8 Å². The molecule has 19 heavy (non-hydrogen) atoms. The molecule has 0 aliphatic rings. The van der Waals surface area contributed by atoms with Gasteiger partial charge in [-0.1, -0.05) is 24.6 Å². The second kappa shape index (κ2) is 7.36. The maximum absolute atomic E-state index is 11.7. The number of halogens is 1. The number of carbonyl (C=O) groups is 1. The van der Waals surface area contributed by atoms with Crippen LogP contribution in [-0.2, 0) is 4.79 Å². The molecule has 0 heterocycles. The summed E-state index contributed by atoms with van der Waals surface area (Å²) in [6.07, 6.45) is 0.313. The van der Waals surface area contributed by atoms with Crippen molar-refractivity contribution in [3.63, 3.8) is 0 Å². The molecule has 106 valence electrons. The zero-order valence-electron chi connectivity index (χ0n) is 11.6. The van der Waals surface area contributed by atoms with E-state index in [9.17, 15) is 4.79 Å². The van der Waals surface area contributed by atoms with Crippen LogP contribution in [0.2, 0.25) is 5.02 Å². The largest absolute Gasteiger partial charge is 0.479 e. The second-order valence-electron chi connectivity index (χ2n) is 4.53. The Balaban J connectivity index is 2.69. The van der Waals surface area contributed by atoms with Crippen molar-refractivity contribution >= 4 is 17.5 Å². The molecule has 5 heteroatoms. The lowest BCUT2D eigenvalue weighted by molar-refractivity contribution is -0.127. The van der Waals surface area contributed by atoms with Gasteiger partial charge < -0.3 is 15.8 Å². The fraction of sp³-hybridized carbons (Fsp3) is 0.500. The van der Waals surface area contributed by atoms with Gasteiger partial charge >= 0.3 is 0 Å². The average Bonchev–Trinajstić information content (AvgIpc) is 2.37. The van der Waals surface area contributed by atoms with Crippen LogP contribution < -0.4 is 15.8 Å². The van der Waals surface area contributed by atoms with E-state index in [4.69, 9.17) is 22.1 Å². The summed E-state index contributed by atoms with van der Waals surface area (Å²) < 4.78 is 5.55. The zero-order chi connectivity index (χ0) is 14.4. The smallest absolute Gasteiger partial charge is 0.260 e. The van der Waals surface area contributed by atoms with Gasteiger partial charge in [-0.25, -0.2) is 0 Å². The average molecular weight is 285 g/mol. The Morgan fingerprint density at radius 3 is 2.68 bits per heavy atom. The van der Waals surface area contributed by atoms with Gasteiger partial charge in [0.05, 0.1) is 5.02 Å². The molecule has 0 spiro atoms. The molecule has 0 saturated carbocycles. The third-order valence-electron chi connectivity index (χ3n) is 2.70. The number of ether oxygens (including phenoxy) is 1. The van der Waals surface area contributed by atoms with E-state index in [1.54, 1.807) is 19.1 Å². The molecule has 1 amide bonds. The summed E-state index contributed by atoms with van der Waals surface area (Å²) in [7, 11) is 0. The summed E-state index contributed by atoms with van der Waals surface area (Å²) in [5.74, 6) is 0.347. The van der Waals surface area contributed by atoms with E-state index >= 15 is 0 Å². The van der Waals surface area contributed by atoms with E-state index in [2.05, 4.69) is 5.32 Å². The number of benzene rings is 1. The Morgan fingerprint density at radius 2 is 2.16 bits per heavy atom. The number of nitrogens with two attached hydrogens (primary N) is 1. The van der Waals surface area contributed by atoms with Gasteiger partial charge in [0, 0.05) is 12.6 Å². The first-order chi connectivity index (χ1) is 8.95. The summed E-state index contributed by atoms with van der Waals surface area (Å²) in [6.45, 7) is 6.22. The second-order valence-corrected chi connectivity index (χ2v) is 4.94. The number of nitrogens with one attached hydrogen (secondary N) is 1. The molecule has 0 aromatic heterocycles. The Hall–Kier alpha value is -1.26. The Morgan fingerprint density at radius 1 is 1.47 bits per heavy atom. The molecule has 1 aromatic rings. The third-order valence-corrected chi connectivity index (χ3v) is 3.00. The van der Waals surface area contributed by atoms with Gasteiger partial charge in [0.25, 0.3) is 5.91 Å². The molecule has 0 radical (unpaired) electrons. The summed E-state index contributed by atoms with van der Waals surface area (Å²) in [5, 5.41) is 3.24. The van der Waals surface area contributed by atoms with Crippen molar-refractivity contribution in [2.45, 2.75) is 39.3 Å². The normalized spacial score (nSPS) is 13.7. The highest BCUT2D eigenvalue weighted by Gasteiger charge is 2.15. The van der Waals surface area contributed by atoms with E-state index in [1.807, 2.05) is 19.9 Å². The van der Waals surface area contributed by atoms with Crippen molar-refractivity contribution in [2.75, 3.05) is 6.54 Å². The quantitative estimate of drug-likeness (QED) is 0.844. The van der Waals surface area contributed by atoms with Crippen LogP contribution in [0.15, 0.2) is 18.2 Å². The molecule has 0 aliphatic heterocycles. The van der Waals surface area contributed by atoms with E-state index < -0.39 is 6.10 Å². The van der Waals surface area contributed by atoms with Crippen LogP contribution in [0.1, 0.15) is 38.8 Å². The molecule has 2 unspecified atom stereocenters. The molecule has 1 aromatic carbocycles. The standard InChI is InChI=1S/C14H21ClN2O2/c1-4-7-17-14(18)10(3)19-13-6-5-11(9(2)16)8-12(13)15/h5-6,8-10H,4,7,16H2,1-3H3,(H,17,18). The number of amides is 1. The third kappa shape index (κ3) is 4.73. The lowest BCUT2D eigenvalue weighted by Crippen LogP contribution is -2.36. The van der Waals surface area contributed by atoms with E-state index in [0.717, 1.165) is 12.0 Å². The highest BCUT2D eigenvalue weighted by molar-refractivity contribution is 6.32. The molecule has 0 bridgehead atoms. The van der Waals surface area contributed by atoms with Crippen molar-refractivity contribution in [1.29, 1.82) is 0 Å². The molecule has 4 nitrogen and oxygen atoms in total. The van der Waals surface area contributed by atoms with Crippen molar-refractivity contribution in [2.24, 2.45) is 5.73 Å². The van der Waals surface area contributed by atoms with Crippen LogP contribution in [0, 0.1) is 0 Å². The minimum Gasteiger partial charge on any atom is -0.479 e. The highest BCUT2D eigenvalue weighted by Crippen LogP contribution is 2.28. The van der Waals surface area contributed by atoms with Crippen LogP contribution in [0.4, 0.5) is 0 Å². The fourth-order valence-electron chi connectivity index (χ4n) is 1.53. The van der Waals surface area contributed by atoms with E-state index in [1.165, 1.54) is 0 Å². The van der Waals surface area contributed by atoms with Crippen LogP contribution in [0.5, 0.6) is 5.75 Å². The number of carbonyl (C=O) groups excluding carboxylic acids is 1. The highest BCUT2D eigenvalue weighted by atomic mass is 35.5. The summed E-state index contributed by atoms with van der Waals surface area (Å²) in [4.78, 5) is 11.7. The van der Waals surface area contributed by atoms with Gasteiger partial charge in [0.15, 0.2) is 6.10 Å². The molecule has 2 atom stereocenters. The fourth-order valence-corrected chi connectivity index (χ4v) is 1.77. The van der Waals surface area contributed by atoms with Crippen LogP contribution in [0.25, 0.3) is 0 Å². The van der Waals surface area contributed by atoms with Crippen LogP contribution in [-0.4, -0.2) is 18.6 Å². The Kier molecular flexibility index (Phi) is 6.12. The maximum Gasteiger partial charge on any atom is 0.260 e. The van der Waals surface area contributed by atoms with Crippen LogP contribution in [0.3, 0.4) is 0 Å². The molecular formula is C14H21ClN2O2. The molecule has 0 fully saturated rings. The summed E-state index contributed by atoms with van der Waals surface area (Å²) in [5.41, 5.74) is 6.70. The first-order valence-corrected chi connectivity index (χ1v) is 6.82. The molecular weight excluding hydrogens is 264 g/mol. The van der Waals surface area contributed by atoms with Gasteiger partial charge in [-0.3, -0.25) is 4.79 Å². The Bertz CT molecular complexity index is 435. The molecule has 1 rings (SSSR count). The molecule has 0 saturated heterocycles. The predicted octanol–water partition coefficient (Wildman–Crippen LogP) is 2.65. The minimum atomic E-state index is -0.579. The van der Waals surface area contributed by atoms with Gasteiger partial charge in [-0.15, -0.1) is 0 Å². The number of rotatable bonds is 6. The van der Waals surface area contributed by atoms with E-state index in [0.29, 0.717) is 17.3 Å². The lowest BCUT2D eigenvalue weighted by atomic mass is 10.1.